The number of carbonyl (C=O) groups excluding carboxylic acids is 1. The first-order valence-electron chi connectivity index (χ1n) is 8.11. The van der Waals surface area contributed by atoms with E-state index in [1.54, 1.807) is 12.1 Å². The average Bonchev–Trinajstić information content (AvgIpc) is 2.53. The summed E-state index contributed by atoms with van der Waals surface area (Å²) in [5.74, 6) is -0.0757. The number of carbonyl (C=O) groups is 1. The van der Waals surface area contributed by atoms with E-state index in [4.69, 9.17) is 4.74 Å². The lowest BCUT2D eigenvalue weighted by molar-refractivity contribution is -0.0753. The van der Waals surface area contributed by atoms with Crippen molar-refractivity contribution in [2.45, 2.75) is 49.6 Å². The van der Waals surface area contributed by atoms with E-state index in [2.05, 4.69) is 0 Å². The second-order valence-electron chi connectivity index (χ2n) is 6.51. The third kappa shape index (κ3) is 3.28. The summed E-state index contributed by atoms with van der Waals surface area (Å²) < 4.78 is 29.4. The van der Waals surface area contributed by atoms with Crippen LogP contribution in [0.5, 0.6) is 0 Å². The van der Waals surface area contributed by atoms with E-state index >= 15 is 0 Å². The molecule has 0 N–H and O–H groups in total. The predicted molar refractivity (Wildman–Crippen MR) is 87.3 cm³/mol. The van der Waals surface area contributed by atoms with Crippen LogP contribution in [0, 0.1) is 6.92 Å². The fourth-order valence-electron chi connectivity index (χ4n) is 3.57. The normalized spacial score (nSPS) is 25.0. The molecule has 1 saturated heterocycles. The van der Waals surface area contributed by atoms with Gasteiger partial charge in [0.2, 0.25) is 0 Å². The summed E-state index contributed by atoms with van der Waals surface area (Å²) in [5.41, 5.74) is 1.29. The summed E-state index contributed by atoms with van der Waals surface area (Å²) in [6, 6.07) is 4.90. The monoisotopic (exact) mass is 337 g/mol. The van der Waals surface area contributed by atoms with Crippen molar-refractivity contribution in [2.75, 3.05) is 19.4 Å². The van der Waals surface area contributed by atoms with Crippen LogP contribution in [-0.2, 0) is 14.6 Å². The Hall–Kier alpha value is -1.40. The van der Waals surface area contributed by atoms with Gasteiger partial charge in [0.1, 0.15) is 0 Å². The zero-order valence-corrected chi connectivity index (χ0v) is 14.4. The van der Waals surface area contributed by atoms with Crippen LogP contribution in [0.25, 0.3) is 0 Å². The highest BCUT2D eigenvalue weighted by Gasteiger charge is 2.37. The molecule has 1 saturated carbocycles. The first-order valence-corrected chi connectivity index (χ1v) is 10.0. The van der Waals surface area contributed by atoms with Gasteiger partial charge in [-0.2, -0.15) is 0 Å². The molecule has 1 amide bonds. The van der Waals surface area contributed by atoms with Crippen LogP contribution in [0.4, 0.5) is 0 Å². The molecule has 1 aliphatic heterocycles. The van der Waals surface area contributed by atoms with Gasteiger partial charge in [-0.1, -0.05) is 18.9 Å². The number of hydrogen-bond donors (Lipinski definition) is 0. The first kappa shape index (κ1) is 16.5. The molecule has 126 valence electrons. The molecule has 5 nitrogen and oxygen atoms in total. The van der Waals surface area contributed by atoms with Crippen molar-refractivity contribution in [1.29, 1.82) is 0 Å². The Balaban J connectivity index is 1.93. The number of amides is 1. The maximum atomic E-state index is 13.0. The van der Waals surface area contributed by atoms with Crippen molar-refractivity contribution >= 4 is 15.7 Å². The lowest BCUT2D eigenvalue weighted by Gasteiger charge is -2.44. The molecule has 6 heteroatoms. The maximum absolute atomic E-state index is 13.0. The van der Waals surface area contributed by atoms with Gasteiger partial charge in [-0.3, -0.25) is 4.79 Å². The van der Waals surface area contributed by atoms with E-state index in [0.29, 0.717) is 18.7 Å². The number of sulfone groups is 1. The van der Waals surface area contributed by atoms with Gasteiger partial charge in [-0.15, -0.1) is 0 Å². The number of benzene rings is 1. The maximum Gasteiger partial charge on any atom is 0.254 e. The number of rotatable bonds is 2. The molecular weight excluding hydrogens is 314 g/mol. The molecule has 0 spiro atoms. The van der Waals surface area contributed by atoms with Gasteiger partial charge in [0.25, 0.3) is 5.91 Å². The second-order valence-corrected chi connectivity index (χ2v) is 8.52. The van der Waals surface area contributed by atoms with Crippen molar-refractivity contribution in [1.82, 2.24) is 4.90 Å². The fourth-order valence-corrected chi connectivity index (χ4v) is 4.21. The third-order valence-corrected chi connectivity index (χ3v) is 5.97. The predicted octanol–water partition coefficient (Wildman–Crippen LogP) is 2.18. The third-order valence-electron chi connectivity index (χ3n) is 4.86. The Morgan fingerprint density at radius 3 is 2.74 bits per heavy atom. The Morgan fingerprint density at radius 2 is 2.00 bits per heavy atom. The fraction of sp³-hybridized carbons (Fsp3) is 0.588. The summed E-state index contributed by atoms with van der Waals surface area (Å²) in [6.07, 6.45) is 5.50. The van der Waals surface area contributed by atoms with E-state index in [1.807, 2.05) is 11.8 Å². The molecule has 2 fully saturated rings. The summed E-state index contributed by atoms with van der Waals surface area (Å²) in [5, 5.41) is 0. The molecule has 23 heavy (non-hydrogen) atoms. The highest BCUT2D eigenvalue weighted by Crippen LogP contribution is 2.30. The minimum atomic E-state index is -3.33. The zero-order valence-electron chi connectivity index (χ0n) is 13.6. The summed E-state index contributed by atoms with van der Waals surface area (Å²) >= 11 is 0. The Bertz CT molecular complexity index is 711. The number of nitrogens with zero attached hydrogens (tertiary/aromatic N) is 1. The quantitative estimate of drug-likeness (QED) is 0.830. The highest BCUT2D eigenvalue weighted by atomic mass is 32.2. The Labute approximate surface area is 137 Å². The van der Waals surface area contributed by atoms with Gasteiger partial charge in [0, 0.05) is 18.4 Å². The lowest BCUT2D eigenvalue weighted by Crippen LogP contribution is -2.54. The van der Waals surface area contributed by atoms with E-state index in [9.17, 15) is 13.2 Å². The largest absolute Gasteiger partial charge is 0.374 e. The lowest BCUT2D eigenvalue weighted by atomic mass is 9.89. The Morgan fingerprint density at radius 1 is 1.26 bits per heavy atom. The molecular formula is C17H23NO4S. The van der Waals surface area contributed by atoms with E-state index in [1.165, 1.54) is 6.07 Å². The topological polar surface area (TPSA) is 63.7 Å². The SMILES string of the molecule is Cc1ccc(S(C)(=O)=O)cc1C(=O)N1CCOC2CCCCC21. The van der Waals surface area contributed by atoms with Crippen LogP contribution in [0.2, 0.25) is 0 Å². The minimum absolute atomic E-state index is 0.0757. The van der Waals surface area contributed by atoms with Crippen molar-refractivity contribution in [3.63, 3.8) is 0 Å². The molecule has 1 heterocycles. The summed E-state index contributed by atoms with van der Waals surface area (Å²) in [7, 11) is -3.33. The van der Waals surface area contributed by atoms with Gasteiger partial charge in [0.05, 0.1) is 23.6 Å². The molecule has 0 aromatic heterocycles. The highest BCUT2D eigenvalue weighted by molar-refractivity contribution is 7.90. The smallest absolute Gasteiger partial charge is 0.254 e. The van der Waals surface area contributed by atoms with Crippen molar-refractivity contribution < 1.29 is 17.9 Å². The van der Waals surface area contributed by atoms with Gasteiger partial charge in [0.15, 0.2) is 9.84 Å². The van der Waals surface area contributed by atoms with Crippen molar-refractivity contribution in [3.8, 4) is 0 Å². The summed E-state index contributed by atoms with van der Waals surface area (Å²) in [6.45, 7) is 2.97. The van der Waals surface area contributed by atoms with Crippen LogP contribution in [0.1, 0.15) is 41.6 Å². The van der Waals surface area contributed by atoms with E-state index in [0.717, 1.165) is 37.5 Å². The average molecular weight is 337 g/mol. The second kappa shape index (κ2) is 6.24. The van der Waals surface area contributed by atoms with Crippen LogP contribution in [0.3, 0.4) is 0 Å². The van der Waals surface area contributed by atoms with Crippen molar-refractivity contribution in [3.05, 3.63) is 29.3 Å². The van der Waals surface area contributed by atoms with E-state index < -0.39 is 9.84 Å². The standard InChI is InChI=1S/C17H23NO4S/c1-12-7-8-13(23(2,20)21)11-14(12)17(19)18-9-10-22-16-6-4-3-5-15(16)18/h7-8,11,15-16H,3-6,9-10H2,1-2H3. The summed E-state index contributed by atoms with van der Waals surface area (Å²) in [4.78, 5) is 15.1. The molecule has 2 unspecified atom stereocenters. The van der Waals surface area contributed by atoms with Crippen LogP contribution < -0.4 is 0 Å². The number of fused-ring (bicyclic) bond motifs is 1. The molecule has 1 aromatic carbocycles. The van der Waals surface area contributed by atoms with Crippen molar-refractivity contribution in [2.24, 2.45) is 0 Å². The molecule has 3 rings (SSSR count). The number of ether oxygens (including phenoxy) is 1. The molecule has 2 aliphatic rings. The number of aryl methyl sites for hydroxylation is 1. The number of morpholine rings is 1. The molecule has 2 atom stereocenters. The first-order chi connectivity index (χ1) is 10.9. The van der Waals surface area contributed by atoms with Gasteiger partial charge < -0.3 is 9.64 Å². The number of hydrogen-bond acceptors (Lipinski definition) is 4. The Kier molecular flexibility index (Phi) is 4.47. The van der Waals surface area contributed by atoms with Gasteiger partial charge >= 0.3 is 0 Å². The van der Waals surface area contributed by atoms with Crippen LogP contribution in [-0.4, -0.2) is 50.8 Å². The zero-order chi connectivity index (χ0) is 16.6. The van der Waals surface area contributed by atoms with Crippen LogP contribution >= 0.6 is 0 Å². The van der Waals surface area contributed by atoms with Gasteiger partial charge in [-0.05, 0) is 37.5 Å². The molecule has 0 bridgehead atoms. The van der Waals surface area contributed by atoms with E-state index in [-0.39, 0.29) is 22.9 Å². The van der Waals surface area contributed by atoms with Gasteiger partial charge in [-0.25, -0.2) is 8.42 Å². The minimum Gasteiger partial charge on any atom is -0.374 e. The molecule has 0 radical (unpaired) electrons. The van der Waals surface area contributed by atoms with Crippen LogP contribution in [0.15, 0.2) is 23.1 Å². The molecule has 1 aliphatic carbocycles. The molecule has 1 aromatic rings.